The van der Waals surface area contributed by atoms with Gasteiger partial charge < -0.3 is 10.3 Å². The minimum Gasteiger partial charge on any atom is -0.359 e. The average molecular weight is 326 g/mol. The van der Waals surface area contributed by atoms with Crippen molar-refractivity contribution in [3.05, 3.63) is 47.4 Å². The van der Waals surface area contributed by atoms with Crippen molar-refractivity contribution in [1.82, 2.24) is 15.0 Å². The van der Waals surface area contributed by atoms with Crippen LogP contribution in [0.15, 0.2) is 35.5 Å². The largest absolute Gasteiger partial charge is 0.359 e. The van der Waals surface area contributed by atoms with Crippen molar-refractivity contribution in [2.24, 2.45) is 0 Å². The van der Waals surface area contributed by atoms with Crippen LogP contribution >= 0.6 is 11.8 Å². The third kappa shape index (κ3) is 3.90. The number of anilines is 1. The van der Waals surface area contributed by atoms with E-state index >= 15 is 0 Å². The van der Waals surface area contributed by atoms with Gasteiger partial charge in [-0.3, -0.25) is 4.79 Å². The summed E-state index contributed by atoms with van der Waals surface area (Å²) in [5.74, 6) is 0.219. The first kappa shape index (κ1) is 15.6. The predicted molar refractivity (Wildman–Crippen MR) is 93.9 cm³/mol. The summed E-state index contributed by atoms with van der Waals surface area (Å²) >= 11 is 1.34. The van der Waals surface area contributed by atoms with Gasteiger partial charge in [0.2, 0.25) is 5.91 Å². The summed E-state index contributed by atoms with van der Waals surface area (Å²) in [7, 11) is 0. The first-order valence-corrected chi connectivity index (χ1v) is 8.32. The fraction of sp³-hybridized carbons (Fsp3) is 0.235. The highest BCUT2D eigenvalue weighted by Crippen LogP contribution is 2.20. The molecule has 0 spiro atoms. The maximum atomic E-state index is 12.1. The van der Waals surface area contributed by atoms with Gasteiger partial charge in [-0.15, -0.1) is 0 Å². The molecule has 0 fully saturated rings. The molecule has 2 aromatic heterocycles. The first-order valence-electron chi connectivity index (χ1n) is 7.34. The van der Waals surface area contributed by atoms with Crippen molar-refractivity contribution in [2.45, 2.75) is 25.9 Å². The number of aromatic nitrogens is 3. The third-order valence-corrected chi connectivity index (χ3v) is 4.18. The van der Waals surface area contributed by atoms with Gasteiger partial charge >= 0.3 is 0 Å². The summed E-state index contributed by atoms with van der Waals surface area (Å²) in [6.45, 7) is 5.86. The van der Waals surface area contributed by atoms with E-state index in [0.717, 1.165) is 33.7 Å². The average Bonchev–Trinajstić information content (AvgIpc) is 2.83. The number of H-pyrrole nitrogens is 1. The SMILES string of the molecule is Cc1cc(C)nc(SCC(=O)Nc2ccc3[nH]c(C)cc3c2)n1. The third-order valence-electron chi connectivity index (χ3n) is 3.33. The number of aromatic amines is 1. The molecule has 2 heterocycles. The fourth-order valence-electron chi connectivity index (χ4n) is 2.44. The van der Waals surface area contributed by atoms with Gasteiger partial charge in [0.1, 0.15) is 0 Å². The topological polar surface area (TPSA) is 70.7 Å². The Balaban J connectivity index is 1.63. The predicted octanol–water partition coefficient (Wildman–Crippen LogP) is 3.61. The smallest absolute Gasteiger partial charge is 0.234 e. The van der Waals surface area contributed by atoms with Gasteiger partial charge in [-0.05, 0) is 51.1 Å². The van der Waals surface area contributed by atoms with Crippen molar-refractivity contribution in [3.63, 3.8) is 0 Å². The normalized spacial score (nSPS) is 10.9. The molecule has 0 saturated carbocycles. The number of carbonyl (C=O) groups excluding carboxylic acids is 1. The van der Waals surface area contributed by atoms with E-state index in [2.05, 4.69) is 26.3 Å². The molecule has 3 aromatic rings. The molecular formula is C17H18N4OS. The number of hydrogen-bond acceptors (Lipinski definition) is 4. The molecule has 0 aliphatic rings. The first-order chi connectivity index (χ1) is 11.0. The lowest BCUT2D eigenvalue weighted by atomic mass is 10.2. The number of aryl methyl sites for hydroxylation is 3. The van der Waals surface area contributed by atoms with Gasteiger partial charge in [-0.25, -0.2) is 9.97 Å². The maximum absolute atomic E-state index is 12.1. The van der Waals surface area contributed by atoms with E-state index in [1.165, 1.54) is 11.8 Å². The lowest BCUT2D eigenvalue weighted by Crippen LogP contribution is -2.14. The lowest BCUT2D eigenvalue weighted by Gasteiger charge is -2.06. The van der Waals surface area contributed by atoms with Crippen LogP contribution in [0.4, 0.5) is 5.69 Å². The molecule has 3 rings (SSSR count). The highest BCUT2D eigenvalue weighted by molar-refractivity contribution is 7.99. The highest BCUT2D eigenvalue weighted by Gasteiger charge is 2.07. The molecule has 2 N–H and O–H groups in total. The number of carbonyl (C=O) groups is 1. The quantitative estimate of drug-likeness (QED) is 0.567. The van der Waals surface area contributed by atoms with Crippen molar-refractivity contribution < 1.29 is 4.79 Å². The van der Waals surface area contributed by atoms with Gasteiger partial charge in [0.25, 0.3) is 0 Å². The molecular weight excluding hydrogens is 308 g/mol. The van der Waals surface area contributed by atoms with Crippen LogP contribution in [0.25, 0.3) is 10.9 Å². The second-order valence-corrected chi connectivity index (χ2v) is 6.47. The molecule has 118 valence electrons. The minimum absolute atomic E-state index is 0.0654. The molecule has 0 aliphatic heterocycles. The van der Waals surface area contributed by atoms with E-state index in [1.54, 1.807) is 0 Å². The number of benzene rings is 1. The van der Waals surface area contributed by atoms with Gasteiger partial charge in [0.15, 0.2) is 5.16 Å². The number of hydrogen-bond donors (Lipinski definition) is 2. The van der Waals surface area contributed by atoms with Gasteiger partial charge in [0.05, 0.1) is 5.75 Å². The van der Waals surface area contributed by atoms with E-state index < -0.39 is 0 Å². The zero-order valence-electron chi connectivity index (χ0n) is 13.3. The molecule has 23 heavy (non-hydrogen) atoms. The second-order valence-electron chi connectivity index (χ2n) is 5.52. The van der Waals surface area contributed by atoms with Crippen LogP contribution < -0.4 is 5.32 Å². The minimum atomic E-state index is -0.0654. The van der Waals surface area contributed by atoms with Crippen LogP contribution in [0.3, 0.4) is 0 Å². The fourth-order valence-corrected chi connectivity index (χ4v) is 3.19. The second kappa shape index (κ2) is 6.42. The monoisotopic (exact) mass is 326 g/mol. The van der Waals surface area contributed by atoms with Crippen molar-refractivity contribution in [3.8, 4) is 0 Å². The highest BCUT2D eigenvalue weighted by atomic mass is 32.2. The number of nitrogens with zero attached hydrogens (tertiary/aromatic N) is 2. The number of fused-ring (bicyclic) bond motifs is 1. The molecule has 0 saturated heterocycles. The molecule has 0 bridgehead atoms. The Bertz CT molecular complexity index is 852. The summed E-state index contributed by atoms with van der Waals surface area (Å²) in [6, 6.07) is 9.81. The standard InChI is InChI=1S/C17H18N4OS/c1-10-6-11(2)20-17(19-10)23-9-16(22)21-14-4-5-15-13(8-14)7-12(3)18-15/h4-8,18H,9H2,1-3H3,(H,21,22). The van der Waals surface area contributed by atoms with Crippen molar-refractivity contribution >= 4 is 34.3 Å². The summed E-state index contributed by atoms with van der Waals surface area (Å²) in [5.41, 5.74) is 4.79. The molecule has 5 nitrogen and oxygen atoms in total. The molecule has 0 unspecified atom stereocenters. The Morgan fingerprint density at radius 2 is 1.87 bits per heavy atom. The van der Waals surface area contributed by atoms with Crippen LogP contribution in [0.2, 0.25) is 0 Å². The molecule has 1 aromatic carbocycles. The molecule has 1 amide bonds. The number of nitrogens with one attached hydrogen (secondary N) is 2. The summed E-state index contributed by atoms with van der Waals surface area (Å²) in [4.78, 5) is 24.0. The van der Waals surface area contributed by atoms with E-state index in [4.69, 9.17) is 0 Å². The Morgan fingerprint density at radius 1 is 1.13 bits per heavy atom. The van der Waals surface area contributed by atoms with E-state index in [-0.39, 0.29) is 11.7 Å². The summed E-state index contributed by atoms with van der Waals surface area (Å²) < 4.78 is 0. The van der Waals surface area contributed by atoms with E-state index in [0.29, 0.717) is 5.16 Å². The van der Waals surface area contributed by atoms with E-state index in [9.17, 15) is 4.79 Å². The van der Waals surface area contributed by atoms with Crippen molar-refractivity contribution in [2.75, 3.05) is 11.1 Å². The Kier molecular flexibility index (Phi) is 4.34. The van der Waals surface area contributed by atoms with Crippen LogP contribution in [0.1, 0.15) is 17.1 Å². The van der Waals surface area contributed by atoms with E-state index in [1.807, 2.05) is 45.0 Å². The van der Waals surface area contributed by atoms with Crippen LogP contribution in [-0.4, -0.2) is 26.6 Å². The molecule has 6 heteroatoms. The Morgan fingerprint density at radius 3 is 2.61 bits per heavy atom. The lowest BCUT2D eigenvalue weighted by molar-refractivity contribution is -0.113. The maximum Gasteiger partial charge on any atom is 0.234 e. The zero-order valence-corrected chi connectivity index (χ0v) is 14.1. The summed E-state index contributed by atoms with van der Waals surface area (Å²) in [6.07, 6.45) is 0. The molecule has 0 radical (unpaired) electrons. The van der Waals surface area contributed by atoms with Gasteiger partial charge in [-0.2, -0.15) is 0 Å². The molecule has 0 atom stereocenters. The van der Waals surface area contributed by atoms with Crippen LogP contribution in [0, 0.1) is 20.8 Å². The Labute approximate surface area is 138 Å². The zero-order chi connectivity index (χ0) is 16.4. The number of rotatable bonds is 4. The van der Waals surface area contributed by atoms with Crippen molar-refractivity contribution in [1.29, 1.82) is 0 Å². The van der Waals surface area contributed by atoms with Gasteiger partial charge in [-0.1, -0.05) is 11.8 Å². The summed E-state index contributed by atoms with van der Waals surface area (Å²) in [5, 5.41) is 4.64. The Hall–Kier alpha value is -2.34. The number of thioether (sulfide) groups is 1. The van der Waals surface area contributed by atoms with Crippen LogP contribution in [-0.2, 0) is 4.79 Å². The number of amides is 1. The van der Waals surface area contributed by atoms with Crippen LogP contribution in [0.5, 0.6) is 0 Å². The molecule has 0 aliphatic carbocycles. The van der Waals surface area contributed by atoms with Gasteiger partial charge in [0, 0.05) is 33.7 Å².